The van der Waals surface area contributed by atoms with E-state index in [4.69, 9.17) is 4.42 Å². The second kappa shape index (κ2) is 10.7. The van der Waals surface area contributed by atoms with E-state index in [1.165, 1.54) is 12.1 Å². The summed E-state index contributed by atoms with van der Waals surface area (Å²) >= 11 is 0. The van der Waals surface area contributed by atoms with E-state index in [2.05, 4.69) is 65.6 Å². The number of aromatic nitrogens is 1. The van der Waals surface area contributed by atoms with Crippen molar-refractivity contribution in [3.8, 4) is 44.8 Å². The molecule has 8 aromatic carbocycles. The topological polar surface area (TPSA) is 26.0 Å². The molecule has 1 heterocycles. The van der Waals surface area contributed by atoms with Crippen molar-refractivity contribution < 1.29 is 13.2 Å². The number of nitrogens with zero attached hydrogens (tertiary/aromatic N) is 1. The Bertz CT molecular complexity index is 2540. The molecule has 0 atom stereocenters. The number of halogens is 2. The van der Waals surface area contributed by atoms with E-state index in [0.717, 1.165) is 82.9 Å². The summed E-state index contributed by atoms with van der Waals surface area (Å²) in [5.41, 5.74) is 8.31. The lowest BCUT2D eigenvalue weighted by molar-refractivity contribution is 0.584. The molecule has 222 valence electrons. The van der Waals surface area contributed by atoms with Crippen LogP contribution in [0.5, 0.6) is 0 Å². The number of para-hydroxylation sites is 2. The van der Waals surface area contributed by atoms with Gasteiger partial charge in [0, 0.05) is 11.6 Å². The van der Waals surface area contributed by atoms with Crippen LogP contribution in [-0.4, -0.2) is 4.98 Å². The predicted octanol–water partition coefficient (Wildman–Crippen LogP) is 12.2. The summed E-state index contributed by atoms with van der Waals surface area (Å²) in [7, 11) is 0. The van der Waals surface area contributed by atoms with E-state index >= 15 is 0 Å². The molecule has 0 saturated heterocycles. The molecule has 9 aromatic rings. The fraction of sp³-hybridized carbons (Fsp3) is 0. The van der Waals surface area contributed by atoms with Crippen LogP contribution in [0.1, 0.15) is 0 Å². The SMILES string of the molecule is Fc1cc(F)cc(-c2c3ccccc3c(-c3ccc4cc(-c5ccc(-c6nc7ccccc7o6)cc5)ccc4c3)c3ccccc23)c1. The maximum Gasteiger partial charge on any atom is 0.227 e. The van der Waals surface area contributed by atoms with Crippen LogP contribution in [0.3, 0.4) is 0 Å². The fourth-order valence-electron chi connectivity index (χ4n) is 6.83. The highest BCUT2D eigenvalue weighted by atomic mass is 19.1. The number of benzene rings is 8. The molecule has 0 unspecified atom stereocenters. The monoisotopic (exact) mass is 609 g/mol. The molecular weight excluding hydrogens is 584 g/mol. The van der Waals surface area contributed by atoms with Crippen molar-refractivity contribution in [3.63, 3.8) is 0 Å². The maximum atomic E-state index is 14.4. The first kappa shape index (κ1) is 27.2. The highest BCUT2D eigenvalue weighted by Gasteiger charge is 2.18. The number of hydrogen-bond acceptors (Lipinski definition) is 2. The first-order valence-electron chi connectivity index (χ1n) is 15.5. The second-order valence-corrected chi connectivity index (χ2v) is 11.8. The zero-order valence-corrected chi connectivity index (χ0v) is 25.0. The molecule has 9 rings (SSSR count). The van der Waals surface area contributed by atoms with Crippen LogP contribution in [0.15, 0.2) is 156 Å². The number of rotatable bonds is 4. The summed E-state index contributed by atoms with van der Waals surface area (Å²) in [5.74, 6) is -0.574. The fourth-order valence-corrected chi connectivity index (χ4v) is 6.83. The van der Waals surface area contributed by atoms with E-state index in [0.29, 0.717) is 11.5 Å². The first-order valence-corrected chi connectivity index (χ1v) is 15.5. The van der Waals surface area contributed by atoms with E-state index in [-0.39, 0.29) is 0 Å². The number of fused-ring (bicyclic) bond motifs is 4. The van der Waals surface area contributed by atoms with E-state index in [1.54, 1.807) is 0 Å². The summed E-state index contributed by atoms with van der Waals surface area (Å²) < 4.78 is 34.8. The minimum Gasteiger partial charge on any atom is -0.436 e. The Morgan fingerprint density at radius 2 is 0.894 bits per heavy atom. The Labute approximate surface area is 269 Å². The van der Waals surface area contributed by atoms with Gasteiger partial charge < -0.3 is 4.42 Å². The van der Waals surface area contributed by atoms with Crippen molar-refractivity contribution in [1.29, 1.82) is 0 Å². The average Bonchev–Trinajstić information content (AvgIpc) is 3.54. The first-order chi connectivity index (χ1) is 23.1. The Balaban J connectivity index is 1.14. The number of hydrogen-bond donors (Lipinski definition) is 0. The van der Waals surface area contributed by atoms with Crippen LogP contribution in [0.2, 0.25) is 0 Å². The Kier molecular flexibility index (Phi) is 6.22. The van der Waals surface area contributed by atoms with Crippen molar-refractivity contribution in [3.05, 3.63) is 163 Å². The summed E-state index contributed by atoms with van der Waals surface area (Å²) in [6, 6.07) is 49.1. The van der Waals surface area contributed by atoms with Gasteiger partial charge in [-0.2, -0.15) is 0 Å². The third kappa shape index (κ3) is 4.65. The van der Waals surface area contributed by atoms with Gasteiger partial charge in [0.25, 0.3) is 0 Å². The Morgan fingerprint density at radius 1 is 0.404 bits per heavy atom. The van der Waals surface area contributed by atoms with Crippen LogP contribution >= 0.6 is 0 Å². The van der Waals surface area contributed by atoms with Gasteiger partial charge in [-0.3, -0.25) is 0 Å². The Hall–Kier alpha value is -6.13. The van der Waals surface area contributed by atoms with Crippen LogP contribution in [0.4, 0.5) is 8.78 Å². The molecule has 0 N–H and O–H groups in total. The van der Waals surface area contributed by atoms with Crippen molar-refractivity contribution in [2.24, 2.45) is 0 Å². The standard InChI is InChI=1S/C43H25F2NO/c44-33-23-32(24-34(45)25-33)42-37-9-3-1-7-35(37)41(36-8-2-4-10-38(36)42)31-20-19-29-21-28(17-18-30(29)22-31)26-13-15-27(16-14-26)43-46-39-11-5-6-12-40(39)47-43/h1-25H. The Morgan fingerprint density at radius 3 is 1.51 bits per heavy atom. The summed E-state index contributed by atoms with van der Waals surface area (Å²) in [4.78, 5) is 4.63. The molecule has 0 radical (unpaired) electrons. The third-order valence-electron chi connectivity index (χ3n) is 8.97. The maximum absolute atomic E-state index is 14.4. The molecule has 0 aliphatic carbocycles. The van der Waals surface area contributed by atoms with Gasteiger partial charge in [-0.1, -0.05) is 97.1 Å². The summed E-state index contributed by atoms with van der Waals surface area (Å²) in [6.07, 6.45) is 0. The molecule has 0 aliphatic rings. The van der Waals surface area contributed by atoms with Crippen LogP contribution in [0, 0.1) is 11.6 Å². The molecule has 47 heavy (non-hydrogen) atoms. The van der Waals surface area contributed by atoms with Gasteiger partial charge in [-0.05, 0) is 114 Å². The normalized spacial score (nSPS) is 11.6. The lowest BCUT2D eigenvalue weighted by atomic mass is 9.85. The van der Waals surface area contributed by atoms with Gasteiger partial charge >= 0.3 is 0 Å². The minimum absolute atomic E-state index is 0.523. The molecule has 2 nitrogen and oxygen atoms in total. The van der Waals surface area contributed by atoms with E-state index < -0.39 is 11.6 Å². The predicted molar refractivity (Wildman–Crippen MR) is 188 cm³/mol. The molecule has 0 fully saturated rings. The van der Waals surface area contributed by atoms with Gasteiger partial charge in [0.1, 0.15) is 17.2 Å². The van der Waals surface area contributed by atoms with Crippen LogP contribution < -0.4 is 0 Å². The quantitative estimate of drug-likeness (QED) is 0.186. The molecule has 0 saturated carbocycles. The second-order valence-electron chi connectivity index (χ2n) is 11.8. The van der Waals surface area contributed by atoms with Crippen molar-refractivity contribution >= 4 is 43.4 Å². The molecule has 0 spiro atoms. The van der Waals surface area contributed by atoms with E-state index in [1.807, 2.05) is 72.8 Å². The molecule has 0 aliphatic heterocycles. The minimum atomic E-state index is -0.592. The van der Waals surface area contributed by atoms with Gasteiger partial charge in [0.2, 0.25) is 5.89 Å². The average molecular weight is 610 g/mol. The van der Waals surface area contributed by atoms with Crippen molar-refractivity contribution in [1.82, 2.24) is 4.98 Å². The van der Waals surface area contributed by atoms with E-state index in [9.17, 15) is 8.78 Å². The zero-order valence-electron chi connectivity index (χ0n) is 25.0. The third-order valence-corrected chi connectivity index (χ3v) is 8.97. The molecule has 1 aromatic heterocycles. The van der Waals surface area contributed by atoms with Crippen LogP contribution in [-0.2, 0) is 0 Å². The number of oxazole rings is 1. The van der Waals surface area contributed by atoms with Gasteiger partial charge in [-0.15, -0.1) is 0 Å². The molecule has 4 heteroatoms. The van der Waals surface area contributed by atoms with Crippen molar-refractivity contribution in [2.45, 2.75) is 0 Å². The van der Waals surface area contributed by atoms with Gasteiger partial charge in [0.15, 0.2) is 5.58 Å². The largest absolute Gasteiger partial charge is 0.436 e. The van der Waals surface area contributed by atoms with Gasteiger partial charge in [0.05, 0.1) is 0 Å². The summed E-state index contributed by atoms with van der Waals surface area (Å²) in [6.45, 7) is 0. The van der Waals surface area contributed by atoms with Gasteiger partial charge in [-0.25, -0.2) is 13.8 Å². The molecule has 0 amide bonds. The molecule has 0 bridgehead atoms. The molecular formula is C43H25F2NO. The lowest BCUT2D eigenvalue weighted by Gasteiger charge is -2.18. The van der Waals surface area contributed by atoms with Crippen molar-refractivity contribution in [2.75, 3.05) is 0 Å². The zero-order chi connectivity index (χ0) is 31.5. The summed E-state index contributed by atoms with van der Waals surface area (Å²) in [5, 5.41) is 6.21. The highest BCUT2D eigenvalue weighted by molar-refractivity contribution is 6.21. The smallest absolute Gasteiger partial charge is 0.227 e. The van der Waals surface area contributed by atoms with Crippen LogP contribution in [0.25, 0.3) is 88.3 Å². The lowest BCUT2D eigenvalue weighted by Crippen LogP contribution is -1.92. The highest BCUT2D eigenvalue weighted by Crippen LogP contribution is 2.44.